The number of aromatic nitrogens is 2. The van der Waals surface area contributed by atoms with E-state index in [0.717, 1.165) is 5.56 Å². The molecule has 1 aromatic carbocycles. The van der Waals surface area contributed by atoms with Crippen LogP contribution in [-0.4, -0.2) is 10.1 Å². The minimum atomic E-state index is -0.319. The summed E-state index contributed by atoms with van der Waals surface area (Å²) in [4.78, 5) is 3.95. The van der Waals surface area contributed by atoms with Gasteiger partial charge in [-0.1, -0.05) is 43.3 Å². The molecule has 0 saturated heterocycles. The molecule has 1 aromatic heterocycles. The molecule has 0 aliphatic heterocycles. The molecule has 2 rings (SSSR count). The van der Waals surface area contributed by atoms with Crippen LogP contribution in [-0.2, 0) is 0 Å². The van der Waals surface area contributed by atoms with Gasteiger partial charge in [0.15, 0.2) is 5.82 Å². The molecule has 0 spiro atoms. The topological polar surface area (TPSA) is 64.9 Å². The fourth-order valence-corrected chi connectivity index (χ4v) is 1.55. The lowest BCUT2D eigenvalue weighted by atomic mass is 9.99. The van der Waals surface area contributed by atoms with Crippen molar-refractivity contribution in [2.24, 2.45) is 5.73 Å². The number of nitrogens with two attached hydrogens (primary N) is 1. The van der Waals surface area contributed by atoms with E-state index in [1.807, 2.05) is 12.1 Å². The second kappa shape index (κ2) is 4.45. The molecule has 1 unspecified atom stereocenters. The summed E-state index contributed by atoms with van der Waals surface area (Å²) < 4.78 is 4.68. The van der Waals surface area contributed by atoms with E-state index < -0.39 is 0 Å². The third-order valence-corrected chi connectivity index (χ3v) is 2.62. The molecule has 2 aromatic rings. The zero-order valence-corrected chi connectivity index (χ0v) is 9.42. The molecule has 0 radical (unpaired) electrons. The van der Waals surface area contributed by atoms with Crippen LogP contribution in [0.1, 0.15) is 42.8 Å². The van der Waals surface area contributed by atoms with E-state index in [1.165, 1.54) is 12.0 Å². The summed E-state index contributed by atoms with van der Waals surface area (Å²) in [7, 11) is 0. The van der Waals surface area contributed by atoms with Crippen LogP contribution in [0, 0.1) is 0 Å². The first kappa shape index (κ1) is 10.8. The van der Waals surface area contributed by atoms with Crippen molar-refractivity contribution in [3.63, 3.8) is 0 Å². The van der Waals surface area contributed by atoms with Crippen molar-refractivity contribution in [3.8, 4) is 0 Å². The van der Waals surface area contributed by atoms with Gasteiger partial charge in [-0.25, -0.2) is 0 Å². The van der Waals surface area contributed by atoms with Crippen molar-refractivity contribution >= 4 is 0 Å². The van der Waals surface area contributed by atoms with E-state index in [-0.39, 0.29) is 6.04 Å². The second-order valence-electron chi connectivity index (χ2n) is 4.09. The Kier molecular flexibility index (Phi) is 3.01. The lowest BCUT2D eigenvalue weighted by Gasteiger charge is -2.10. The van der Waals surface area contributed by atoms with Crippen LogP contribution in [0.2, 0.25) is 0 Å². The average molecular weight is 217 g/mol. The van der Waals surface area contributed by atoms with E-state index in [4.69, 9.17) is 5.73 Å². The Bertz CT molecular complexity index is 434. The summed E-state index contributed by atoms with van der Waals surface area (Å²) in [5.74, 6) is 1.03. The monoisotopic (exact) mass is 217 g/mol. The van der Waals surface area contributed by atoms with Gasteiger partial charge >= 0.3 is 0 Å². The molecule has 4 nitrogen and oxygen atoms in total. The molecule has 4 heteroatoms. The zero-order valence-electron chi connectivity index (χ0n) is 9.42. The molecule has 16 heavy (non-hydrogen) atoms. The van der Waals surface area contributed by atoms with E-state index >= 15 is 0 Å². The molecule has 0 aliphatic carbocycles. The maximum Gasteiger partial charge on any atom is 0.213 e. The Balaban J connectivity index is 2.22. The highest BCUT2D eigenvalue weighted by atomic mass is 16.5. The fourth-order valence-electron chi connectivity index (χ4n) is 1.55. The minimum Gasteiger partial charge on any atom is -0.343 e. The predicted octanol–water partition coefficient (Wildman–Crippen LogP) is 2.24. The summed E-state index contributed by atoms with van der Waals surface area (Å²) in [6.45, 7) is 4.32. The lowest BCUT2D eigenvalue weighted by molar-refractivity contribution is 0.407. The van der Waals surface area contributed by atoms with Crippen LogP contribution < -0.4 is 5.73 Å². The van der Waals surface area contributed by atoms with Gasteiger partial charge in [0.2, 0.25) is 6.39 Å². The van der Waals surface area contributed by atoms with Crippen molar-refractivity contribution in [1.29, 1.82) is 0 Å². The minimum absolute atomic E-state index is 0.319. The SMILES string of the molecule is CC(C)c1ccc(C(N)c2ncon2)cc1. The molecule has 0 aliphatic rings. The average Bonchev–Trinajstić information content (AvgIpc) is 2.81. The number of hydrogen-bond donors (Lipinski definition) is 1. The molecule has 84 valence electrons. The first-order valence-electron chi connectivity index (χ1n) is 5.30. The lowest BCUT2D eigenvalue weighted by Crippen LogP contribution is -2.13. The van der Waals surface area contributed by atoms with Gasteiger partial charge in [0.1, 0.15) is 0 Å². The van der Waals surface area contributed by atoms with E-state index in [2.05, 4.69) is 40.6 Å². The summed E-state index contributed by atoms with van der Waals surface area (Å²) >= 11 is 0. The van der Waals surface area contributed by atoms with Gasteiger partial charge in [-0.15, -0.1) is 0 Å². The van der Waals surface area contributed by atoms with Gasteiger partial charge in [0.25, 0.3) is 0 Å². The molecule has 2 N–H and O–H groups in total. The Labute approximate surface area is 94.5 Å². The number of hydrogen-bond acceptors (Lipinski definition) is 4. The van der Waals surface area contributed by atoms with Gasteiger partial charge in [0.05, 0.1) is 6.04 Å². The molecule has 1 heterocycles. The number of benzene rings is 1. The number of nitrogens with zero attached hydrogens (tertiary/aromatic N) is 2. The van der Waals surface area contributed by atoms with Crippen molar-refractivity contribution in [1.82, 2.24) is 10.1 Å². The Morgan fingerprint density at radius 2 is 1.75 bits per heavy atom. The maximum absolute atomic E-state index is 6.00. The standard InChI is InChI=1S/C12H15N3O/c1-8(2)9-3-5-10(6-4-9)11(13)12-14-7-16-15-12/h3-8,11H,13H2,1-2H3. The molecular formula is C12H15N3O. The van der Waals surface area contributed by atoms with Crippen molar-refractivity contribution in [2.75, 3.05) is 0 Å². The molecule has 0 bridgehead atoms. The summed E-state index contributed by atoms with van der Waals surface area (Å²) in [5.41, 5.74) is 8.29. The highest BCUT2D eigenvalue weighted by molar-refractivity contribution is 5.29. The maximum atomic E-state index is 6.00. The zero-order chi connectivity index (χ0) is 11.5. The van der Waals surface area contributed by atoms with Crippen LogP contribution in [0.25, 0.3) is 0 Å². The first-order valence-corrected chi connectivity index (χ1v) is 5.30. The summed E-state index contributed by atoms with van der Waals surface area (Å²) in [6.07, 6.45) is 1.29. The van der Waals surface area contributed by atoms with Crippen LogP contribution in [0.5, 0.6) is 0 Å². The summed E-state index contributed by atoms with van der Waals surface area (Å²) in [6, 6.07) is 7.87. The molecule has 0 amide bonds. The quantitative estimate of drug-likeness (QED) is 0.856. The largest absolute Gasteiger partial charge is 0.343 e. The predicted molar refractivity (Wildman–Crippen MR) is 60.9 cm³/mol. The van der Waals surface area contributed by atoms with E-state index in [1.54, 1.807) is 0 Å². The first-order chi connectivity index (χ1) is 7.68. The van der Waals surface area contributed by atoms with E-state index in [0.29, 0.717) is 11.7 Å². The van der Waals surface area contributed by atoms with E-state index in [9.17, 15) is 0 Å². The molecule has 0 fully saturated rings. The van der Waals surface area contributed by atoms with Crippen LogP contribution in [0.15, 0.2) is 35.2 Å². The van der Waals surface area contributed by atoms with Crippen molar-refractivity contribution in [3.05, 3.63) is 47.6 Å². The van der Waals surface area contributed by atoms with Crippen molar-refractivity contribution < 1.29 is 4.52 Å². The Hall–Kier alpha value is -1.68. The molecule has 0 saturated carbocycles. The Morgan fingerprint density at radius 3 is 2.25 bits per heavy atom. The van der Waals surface area contributed by atoms with Crippen LogP contribution in [0.3, 0.4) is 0 Å². The summed E-state index contributed by atoms with van der Waals surface area (Å²) in [5, 5.41) is 3.74. The molecule has 1 atom stereocenters. The third-order valence-electron chi connectivity index (χ3n) is 2.62. The third kappa shape index (κ3) is 2.12. The van der Waals surface area contributed by atoms with Crippen molar-refractivity contribution in [2.45, 2.75) is 25.8 Å². The Morgan fingerprint density at radius 1 is 1.12 bits per heavy atom. The second-order valence-corrected chi connectivity index (χ2v) is 4.09. The fraction of sp³-hybridized carbons (Fsp3) is 0.333. The smallest absolute Gasteiger partial charge is 0.213 e. The van der Waals surface area contributed by atoms with Crippen LogP contribution >= 0.6 is 0 Å². The normalized spacial score (nSPS) is 13.0. The highest BCUT2D eigenvalue weighted by Crippen LogP contribution is 2.20. The molecular weight excluding hydrogens is 202 g/mol. The van der Waals surface area contributed by atoms with Gasteiger partial charge in [-0.2, -0.15) is 4.98 Å². The highest BCUT2D eigenvalue weighted by Gasteiger charge is 2.13. The number of rotatable bonds is 3. The van der Waals surface area contributed by atoms with Gasteiger partial charge in [-0.05, 0) is 17.0 Å². The van der Waals surface area contributed by atoms with Crippen LogP contribution in [0.4, 0.5) is 0 Å². The van der Waals surface area contributed by atoms with Gasteiger partial charge in [0, 0.05) is 0 Å². The van der Waals surface area contributed by atoms with Gasteiger partial charge < -0.3 is 10.3 Å². The van der Waals surface area contributed by atoms with Gasteiger partial charge in [-0.3, -0.25) is 0 Å².